The van der Waals surface area contributed by atoms with E-state index in [1.807, 2.05) is 37.3 Å². The fourth-order valence-corrected chi connectivity index (χ4v) is 4.14. The Morgan fingerprint density at radius 3 is 2.57 bits per heavy atom. The maximum Gasteiger partial charge on any atom is 0.220 e. The van der Waals surface area contributed by atoms with Crippen LogP contribution in [0.5, 0.6) is 0 Å². The lowest BCUT2D eigenvalue weighted by molar-refractivity contribution is -0.123. The van der Waals surface area contributed by atoms with Gasteiger partial charge in [0.15, 0.2) is 0 Å². The molecule has 2 fully saturated rings. The molecule has 0 saturated carbocycles. The van der Waals surface area contributed by atoms with Crippen LogP contribution < -0.4 is 10.6 Å². The molecule has 0 aromatic heterocycles. The van der Waals surface area contributed by atoms with Gasteiger partial charge in [-0.15, -0.1) is 0 Å². The molecule has 4 atom stereocenters. The number of benzene rings is 1. The van der Waals surface area contributed by atoms with Crippen molar-refractivity contribution in [3.63, 3.8) is 0 Å². The van der Waals surface area contributed by atoms with Crippen molar-refractivity contribution >= 4 is 5.91 Å². The predicted octanol–water partition coefficient (Wildman–Crippen LogP) is 2.54. The van der Waals surface area contributed by atoms with Gasteiger partial charge in [0, 0.05) is 24.5 Å². The van der Waals surface area contributed by atoms with E-state index < -0.39 is 6.10 Å². The number of hydrogen-bond donors (Lipinski definition) is 3. The second kappa shape index (κ2) is 7.45. The number of hydrogen-bond acceptors (Lipinski definition) is 3. The fraction of sp³-hybridized carbons (Fsp3) is 0.632. The van der Waals surface area contributed by atoms with Gasteiger partial charge in [-0.2, -0.15) is 0 Å². The van der Waals surface area contributed by atoms with Crippen molar-refractivity contribution in [2.45, 2.75) is 69.7 Å². The van der Waals surface area contributed by atoms with Crippen molar-refractivity contribution in [3.05, 3.63) is 35.9 Å². The molecule has 2 aliphatic rings. The van der Waals surface area contributed by atoms with Gasteiger partial charge in [0.25, 0.3) is 0 Å². The minimum atomic E-state index is -0.527. The van der Waals surface area contributed by atoms with E-state index in [-0.39, 0.29) is 11.9 Å². The van der Waals surface area contributed by atoms with Gasteiger partial charge in [0.05, 0.1) is 6.10 Å². The molecule has 0 spiro atoms. The topological polar surface area (TPSA) is 61.4 Å². The van der Waals surface area contributed by atoms with Gasteiger partial charge in [-0.25, -0.2) is 0 Å². The lowest BCUT2D eigenvalue weighted by Gasteiger charge is -2.29. The lowest BCUT2D eigenvalue weighted by atomic mass is 9.89. The van der Waals surface area contributed by atoms with Crippen LogP contribution in [0, 0.1) is 5.92 Å². The van der Waals surface area contributed by atoms with Gasteiger partial charge in [-0.3, -0.25) is 4.79 Å². The SMILES string of the molecule is CC(CC(O)c1ccccc1)NC(=O)CC1CC2CCC(C1)N2. The van der Waals surface area contributed by atoms with Gasteiger partial charge in [-0.05, 0) is 50.5 Å². The maximum absolute atomic E-state index is 12.3. The van der Waals surface area contributed by atoms with E-state index >= 15 is 0 Å². The molecule has 2 bridgehead atoms. The summed E-state index contributed by atoms with van der Waals surface area (Å²) in [5.41, 5.74) is 0.906. The van der Waals surface area contributed by atoms with Crippen LogP contribution in [-0.2, 0) is 4.79 Å². The number of rotatable bonds is 6. The summed E-state index contributed by atoms with van der Waals surface area (Å²) in [5, 5.41) is 16.9. The van der Waals surface area contributed by atoms with Gasteiger partial charge in [0.2, 0.25) is 5.91 Å². The molecule has 4 heteroatoms. The Morgan fingerprint density at radius 2 is 1.91 bits per heavy atom. The molecule has 4 nitrogen and oxygen atoms in total. The van der Waals surface area contributed by atoms with Crippen LogP contribution in [0.25, 0.3) is 0 Å². The summed E-state index contributed by atoms with van der Waals surface area (Å²) in [6.07, 6.45) is 5.44. The normalized spacial score (nSPS) is 29.0. The molecule has 0 aliphatic carbocycles. The molecular formula is C19H28N2O2. The molecule has 2 heterocycles. The molecule has 4 unspecified atom stereocenters. The first-order valence-corrected chi connectivity index (χ1v) is 8.88. The Balaban J connectivity index is 1.42. The van der Waals surface area contributed by atoms with E-state index in [0.29, 0.717) is 30.8 Å². The van der Waals surface area contributed by atoms with Crippen LogP contribution in [0.1, 0.15) is 57.1 Å². The Labute approximate surface area is 138 Å². The zero-order chi connectivity index (χ0) is 16.2. The van der Waals surface area contributed by atoms with E-state index in [1.54, 1.807) is 0 Å². The predicted molar refractivity (Wildman–Crippen MR) is 90.9 cm³/mol. The molecule has 2 saturated heterocycles. The highest BCUT2D eigenvalue weighted by molar-refractivity contribution is 5.76. The van der Waals surface area contributed by atoms with Gasteiger partial charge in [0.1, 0.15) is 0 Å². The van der Waals surface area contributed by atoms with E-state index in [0.717, 1.165) is 18.4 Å². The molecule has 0 radical (unpaired) electrons. The summed E-state index contributed by atoms with van der Waals surface area (Å²) in [5.74, 6) is 0.643. The first-order valence-electron chi connectivity index (χ1n) is 8.88. The number of fused-ring (bicyclic) bond motifs is 2. The number of carbonyl (C=O) groups is 1. The maximum atomic E-state index is 12.3. The highest BCUT2D eigenvalue weighted by atomic mass is 16.3. The highest BCUT2D eigenvalue weighted by Gasteiger charge is 2.34. The number of piperidine rings is 1. The Kier molecular flexibility index (Phi) is 5.34. The molecule has 3 rings (SSSR count). The average Bonchev–Trinajstić information content (AvgIpc) is 2.86. The Bertz CT molecular complexity index is 507. The number of nitrogens with one attached hydrogen (secondary N) is 2. The third kappa shape index (κ3) is 4.55. The molecule has 126 valence electrons. The smallest absolute Gasteiger partial charge is 0.220 e. The lowest BCUT2D eigenvalue weighted by Crippen LogP contribution is -2.41. The minimum Gasteiger partial charge on any atom is -0.388 e. The van der Waals surface area contributed by atoms with Crippen molar-refractivity contribution in [2.24, 2.45) is 5.92 Å². The summed E-state index contributed by atoms with van der Waals surface area (Å²) in [4.78, 5) is 12.3. The first-order chi connectivity index (χ1) is 11.1. The largest absolute Gasteiger partial charge is 0.388 e. The standard InChI is InChI=1S/C19H28N2O2/c1-13(9-18(22)15-5-3-2-4-6-15)20-19(23)12-14-10-16-7-8-17(11-14)21-16/h2-6,13-14,16-18,21-22H,7-12H2,1H3,(H,20,23). The number of amides is 1. The highest BCUT2D eigenvalue weighted by Crippen LogP contribution is 2.32. The summed E-state index contributed by atoms with van der Waals surface area (Å²) in [7, 11) is 0. The zero-order valence-electron chi connectivity index (χ0n) is 13.9. The summed E-state index contributed by atoms with van der Waals surface area (Å²) >= 11 is 0. The van der Waals surface area contributed by atoms with Crippen LogP contribution in [0.2, 0.25) is 0 Å². The van der Waals surface area contributed by atoms with Gasteiger partial charge in [-0.1, -0.05) is 30.3 Å². The van der Waals surface area contributed by atoms with E-state index in [9.17, 15) is 9.90 Å². The average molecular weight is 316 g/mol. The van der Waals surface area contributed by atoms with Crippen molar-refractivity contribution in [2.75, 3.05) is 0 Å². The van der Waals surface area contributed by atoms with Crippen LogP contribution in [0.15, 0.2) is 30.3 Å². The van der Waals surface area contributed by atoms with Crippen molar-refractivity contribution in [1.82, 2.24) is 10.6 Å². The van der Waals surface area contributed by atoms with Crippen molar-refractivity contribution < 1.29 is 9.90 Å². The molecule has 1 amide bonds. The molecular weight excluding hydrogens is 288 g/mol. The molecule has 2 aliphatic heterocycles. The number of carbonyl (C=O) groups excluding carboxylic acids is 1. The summed E-state index contributed by atoms with van der Waals surface area (Å²) < 4.78 is 0. The fourth-order valence-electron chi connectivity index (χ4n) is 4.14. The Morgan fingerprint density at radius 1 is 1.26 bits per heavy atom. The monoisotopic (exact) mass is 316 g/mol. The Hall–Kier alpha value is -1.39. The van der Waals surface area contributed by atoms with Crippen LogP contribution in [0.3, 0.4) is 0 Å². The van der Waals surface area contributed by atoms with Gasteiger partial charge >= 0.3 is 0 Å². The van der Waals surface area contributed by atoms with E-state index in [4.69, 9.17) is 0 Å². The molecule has 1 aromatic rings. The quantitative estimate of drug-likeness (QED) is 0.756. The summed E-state index contributed by atoms with van der Waals surface area (Å²) in [6, 6.07) is 10.9. The summed E-state index contributed by atoms with van der Waals surface area (Å²) in [6.45, 7) is 1.97. The minimum absolute atomic E-state index is 0.0175. The van der Waals surface area contributed by atoms with Crippen molar-refractivity contribution in [3.8, 4) is 0 Å². The third-order valence-corrected chi connectivity index (χ3v) is 5.21. The zero-order valence-corrected chi connectivity index (χ0v) is 13.9. The van der Waals surface area contributed by atoms with Crippen LogP contribution >= 0.6 is 0 Å². The van der Waals surface area contributed by atoms with Gasteiger partial charge < -0.3 is 15.7 Å². The van der Waals surface area contributed by atoms with E-state index in [1.165, 1.54) is 12.8 Å². The number of aliphatic hydroxyl groups is 1. The van der Waals surface area contributed by atoms with Crippen LogP contribution in [-0.4, -0.2) is 29.1 Å². The second-order valence-electron chi connectivity index (χ2n) is 7.31. The second-order valence-corrected chi connectivity index (χ2v) is 7.31. The van der Waals surface area contributed by atoms with E-state index in [2.05, 4.69) is 10.6 Å². The third-order valence-electron chi connectivity index (χ3n) is 5.21. The first kappa shape index (κ1) is 16.5. The molecule has 1 aromatic carbocycles. The number of aliphatic hydroxyl groups excluding tert-OH is 1. The molecule has 3 N–H and O–H groups in total. The van der Waals surface area contributed by atoms with Crippen LogP contribution in [0.4, 0.5) is 0 Å². The molecule has 23 heavy (non-hydrogen) atoms. The van der Waals surface area contributed by atoms with Crippen molar-refractivity contribution in [1.29, 1.82) is 0 Å².